The van der Waals surface area contributed by atoms with Gasteiger partial charge in [0.25, 0.3) is 5.91 Å². The van der Waals surface area contributed by atoms with Gasteiger partial charge in [0.1, 0.15) is 17.3 Å². The second-order valence-corrected chi connectivity index (χ2v) is 8.17. The zero-order valence-corrected chi connectivity index (χ0v) is 18.0. The third kappa shape index (κ3) is 4.45. The predicted octanol–water partition coefficient (Wildman–Crippen LogP) is 5.67. The van der Waals surface area contributed by atoms with E-state index in [0.29, 0.717) is 38.6 Å². The number of furan rings is 1. The lowest BCUT2D eigenvalue weighted by Gasteiger charge is -2.14. The third-order valence-electron chi connectivity index (χ3n) is 4.44. The van der Waals surface area contributed by atoms with Gasteiger partial charge in [-0.3, -0.25) is 9.69 Å². The summed E-state index contributed by atoms with van der Waals surface area (Å²) in [5.41, 5.74) is 1.62. The molecule has 1 aromatic heterocycles. The number of nitrogens with zero attached hydrogens (tertiary/aromatic N) is 1. The Bertz CT molecular complexity index is 1200. The first-order chi connectivity index (χ1) is 15.0. The van der Waals surface area contributed by atoms with Crippen LogP contribution >= 0.6 is 24.0 Å². The molecule has 0 atom stereocenters. The normalized spacial score (nSPS) is 15.0. The second-order valence-electron chi connectivity index (χ2n) is 6.50. The van der Waals surface area contributed by atoms with Crippen LogP contribution in [0.2, 0.25) is 0 Å². The maximum Gasteiger partial charge on any atom is 0.338 e. The van der Waals surface area contributed by atoms with Gasteiger partial charge in [0.15, 0.2) is 4.32 Å². The lowest BCUT2D eigenvalue weighted by atomic mass is 10.1. The number of carbonyl (C=O) groups excluding carboxylic acids is 2. The zero-order valence-electron chi connectivity index (χ0n) is 16.3. The minimum atomic E-state index is -0.444. The van der Waals surface area contributed by atoms with Crippen LogP contribution in [0, 0.1) is 5.82 Å². The van der Waals surface area contributed by atoms with Gasteiger partial charge in [0, 0.05) is 11.6 Å². The van der Waals surface area contributed by atoms with Crippen LogP contribution in [0.3, 0.4) is 0 Å². The number of hydrogen-bond acceptors (Lipinski definition) is 6. The average Bonchev–Trinajstić information content (AvgIpc) is 3.33. The number of ether oxygens (including phenoxy) is 1. The van der Waals surface area contributed by atoms with Crippen molar-refractivity contribution in [3.63, 3.8) is 0 Å². The molecule has 0 unspecified atom stereocenters. The first-order valence-electron chi connectivity index (χ1n) is 9.37. The van der Waals surface area contributed by atoms with E-state index in [4.69, 9.17) is 21.4 Å². The molecule has 31 heavy (non-hydrogen) atoms. The molecule has 8 heteroatoms. The Labute approximate surface area is 187 Å². The highest BCUT2D eigenvalue weighted by molar-refractivity contribution is 8.27. The number of anilines is 1. The Morgan fingerprint density at radius 3 is 2.68 bits per heavy atom. The molecule has 0 saturated carbocycles. The van der Waals surface area contributed by atoms with Gasteiger partial charge in [0.05, 0.1) is 22.8 Å². The SMILES string of the molecule is CCOC(=O)c1ccc(-c2ccc(C=C3SC(=S)N(c4cccc(F)c4)C3=O)o2)cc1. The van der Waals surface area contributed by atoms with Gasteiger partial charge in [-0.25, -0.2) is 9.18 Å². The number of rotatable bonds is 5. The van der Waals surface area contributed by atoms with Crippen molar-refractivity contribution in [1.29, 1.82) is 0 Å². The molecule has 2 heterocycles. The number of thioether (sulfide) groups is 1. The number of amides is 1. The summed E-state index contributed by atoms with van der Waals surface area (Å²) >= 11 is 6.43. The summed E-state index contributed by atoms with van der Waals surface area (Å²) in [5.74, 6) is -0.0986. The zero-order chi connectivity index (χ0) is 22.0. The molecule has 0 radical (unpaired) electrons. The fraction of sp³-hybridized carbons (Fsp3) is 0.0870. The maximum atomic E-state index is 13.5. The first kappa shape index (κ1) is 21.0. The van der Waals surface area contributed by atoms with Crippen LogP contribution in [0.5, 0.6) is 0 Å². The molecule has 1 aliphatic heterocycles. The molecule has 5 nitrogen and oxygen atoms in total. The van der Waals surface area contributed by atoms with Crippen LogP contribution in [0.1, 0.15) is 23.0 Å². The molecule has 0 N–H and O–H groups in total. The summed E-state index contributed by atoms with van der Waals surface area (Å²) in [7, 11) is 0. The van der Waals surface area contributed by atoms with Crippen molar-refractivity contribution in [1.82, 2.24) is 0 Å². The molecular weight excluding hydrogens is 437 g/mol. The number of halogens is 1. The van der Waals surface area contributed by atoms with Gasteiger partial charge in [-0.2, -0.15) is 0 Å². The predicted molar refractivity (Wildman–Crippen MR) is 122 cm³/mol. The monoisotopic (exact) mass is 453 g/mol. The number of thiocarbonyl (C=S) groups is 1. The third-order valence-corrected chi connectivity index (χ3v) is 5.74. The molecular formula is C23H16FNO4S2. The van der Waals surface area contributed by atoms with E-state index in [1.54, 1.807) is 55.5 Å². The smallest absolute Gasteiger partial charge is 0.338 e. The summed E-state index contributed by atoms with van der Waals surface area (Å²) in [6, 6.07) is 16.1. The molecule has 1 saturated heterocycles. The van der Waals surface area contributed by atoms with Gasteiger partial charge < -0.3 is 9.15 Å². The molecule has 156 valence electrons. The molecule has 3 aromatic rings. The van der Waals surface area contributed by atoms with Crippen molar-refractivity contribution in [3.05, 3.63) is 82.7 Å². The van der Waals surface area contributed by atoms with E-state index in [2.05, 4.69) is 0 Å². The van der Waals surface area contributed by atoms with Crippen LogP contribution in [0.4, 0.5) is 10.1 Å². The fourth-order valence-electron chi connectivity index (χ4n) is 3.01. The first-order valence-corrected chi connectivity index (χ1v) is 10.6. The lowest BCUT2D eigenvalue weighted by Crippen LogP contribution is -2.27. The topological polar surface area (TPSA) is 59.8 Å². The summed E-state index contributed by atoms with van der Waals surface area (Å²) < 4.78 is 24.7. The highest BCUT2D eigenvalue weighted by Gasteiger charge is 2.33. The van der Waals surface area contributed by atoms with Crippen LogP contribution in [0.15, 0.2) is 70.0 Å². The number of benzene rings is 2. The molecule has 4 rings (SSSR count). The van der Waals surface area contributed by atoms with Crippen LogP contribution in [-0.2, 0) is 9.53 Å². The number of hydrogen-bond donors (Lipinski definition) is 0. The van der Waals surface area contributed by atoms with E-state index in [1.165, 1.54) is 23.1 Å². The summed E-state index contributed by atoms with van der Waals surface area (Å²) in [4.78, 5) is 26.3. The van der Waals surface area contributed by atoms with Crippen molar-refractivity contribution in [2.75, 3.05) is 11.5 Å². The van der Waals surface area contributed by atoms with Crippen LogP contribution in [-0.4, -0.2) is 22.8 Å². The molecule has 1 fully saturated rings. The van der Waals surface area contributed by atoms with Crippen LogP contribution < -0.4 is 4.90 Å². The summed E-state index contributed by atoms with van der Waals surface area (Å²) in [5, 5.41) is 0. The maximum absolute atomic E-state index is 13.5. The van der Waals surface area contributed by atoms with E-state index in [9.17, 15) is 14.0 Å². The molecule has 0 spiro atoms. The average molecular weight is 454 g/mol. The molecule has 1 aliphatic rings. The lowest BCUT2D eigenvalue weighted by molar-refractivity contribution is -0.113. The molecule has 0 bridgehead atoms. The number of esters is 1. The Morgan fingerprint density at radius 1 is 1.19 bits per heavy atom. The van der Waals surface area contributed by atoms with Gasteiger partial charge in [-0.1, -0.05) is 42.2 Å². The highest BCUT2D eigenvalue weighted by atomic mass is 32.2. The Hall–Kier alpha value is -3.23. The minimum absolute atomic E-state index is 0.313. The standard InChI is InChI=1S/C23H16FNO4S2/c1-2-28-22(27)15-8-6-14(7-9-15)19-11-10-18(29-19)13-20-21(26)25(23(30)31-20)17-5-3-4-16(24)12-17/h3-13H,2H2,1H3. The Morgan fingerprint density at radius 2 is 1.97 bits per heavy atom. The fourth-order valence-corrected chi connectivity index (χ4v) is 4.28. The summed E-state index contributed by atoms with van der Waals surface area (Å²) in [6.07, 6.45) is 1.61. The van der Waals surface area contributed by atoms with Crippen LogP contribution in [0.25, 0.3) is 17.4 Å². The highest BCUT2D eigenvalue weighted by Crippen LogP contribution is 2.36. The Kier molecular flexibility index (Phi) is 6.01. The molecule has 2 aromatic carbocycles. The quantitative estimate of drug-likeness (QED) is 0.282. The van der Waals surface area contributed by atoms with Gasteiger partial charge >= 0.3 is 5.97 Å². The van der Waals surface area contributed by atoms with E-state index >= 15 is 0 Å². The van der Waals surface area contributed by atoms with E-state index in [1.807, 2.05) is 0 Å². The minimum Gasteiger partial charge on any atom is -0.462 e. The van der Waals surface area contributed by atoms with Crippen molar-refractivity contribution < 1.29 is 23.1 Å². The van der Waals surface area contributed by atoms with Gasteiger partial charge in [0.2, 0.25) is 0 Å². The summed E-state index contributed by atoms with van der Waals surface area (Å²) in [6.45, 7) is 2.07. The van der Waals surface area contributed by atoms with E-state index < -0.39 is 5.82 Å². The Balaban J connectivity index is 1.54. The van der Waals surface area contributed by atoms with Gasteiger partial charge in [-0.05, 0) is 49.4 Å². The van der Waals surface area contributed by atoms with Crippen molar-refractivity contribution in [2.45, 2.75) is 6.92 Å². The number of carbonyl (C=O) groups is 2. The molecule has 1 amide bonds. The molecule has 0 aliphatic carbocycles. The largest absolute Gasteiger partial charge is 0.462 e. The van der Waals surface area contributed by atoms with E-state index in [-0.39, 0.29) is 11.9 Å². The van der Waals surface area contributed by atoms with Crippen molar-refractivity contribution in [2.24, 2.45) is 0 Å². The van der Waals surface area contributed by atoms with Crippen molar-refractivity contribution >= 4 is 51.9 Å². The van der Waals surface area contributed by atoms with Gasteiger partial charge in [-0.15, -0.1) is 0 Å². The van der Waals surface area contributed by atoms with E-state index in [0.717, 1.165) is 17.3 Å². The second kappa shape index (κ2) is 8.87. The van der Waals surface area contributed by atoms with Crippen molar-refractivity contribution in [3.8, 4) is 11.3 Å².